The molecular weight excluding hydrogens is 386 g/mol. The van der Waals surface area contributed by atoms with Crippen LogP contribution >= 0.6 is 0 Å². The fourth-order valence-electron chi connectivity index (χ4n) is 4.27. The molecule has 0 aromatic heterocycles. The van der Waals surface area contributed by atoms with E-state index in [1.165, 1.54) is 6.92 Å². The summed E-state index contributed by atoms with van der Waals surface area (Å²) in [6.07, 6.45) is 0. The Bertz CT molecular complexity index is 1250. The monoisotopic (exact) mass is 411 g/mol. The van der Waals surface area contributed by atoms with Crippen LogP contribution in [0.1, 0.15) is 65.9 Å². The lowest BCUT2D eigenvalue weighted by molar-refractivity contribution is -0.140. The molecule has 3 aromatic carbocycles. The number of carbonyl (C=O) groups excluding carboxylic acids is 2. The zero-order valence-corrected chi connectivity index (χ0v) is 18.4. The second-order valence-corrected chi connectivity index (χ2v) is 8.55. The molecule has 0 fully saturated rings. The average Bonchev–Trinajstić information content (AvgIpc) is 2.98. The van der Waals surface area contributed by atoms with Gasteiger partial charge in [0.2, 0.25) is 0 Å². The van der Waals surface area contributed by atoms with Crippen LogP contribution in [0.4, 0.5) is 0 Å². The Balaban J connectivity index is 1.75. The minimum atomic E-state index is -0.445. The maximum Gasteiger partial charge on any atom is 0.331 e. The molecule has 156 valence electrons. The van der Waals surface area contributed by atoms with E-state index < -0.39 is 5.97 Å². The van der Waals surface area contributed by atoms with E-state index in [9.17, 15) is 9.59 Å². The summed E-state index contributed by atoms with van der Waals surface area (Å²) in [7, 11) is 0. The minimum absolute atomic E-state index is 0.0395. The molecule has 1 aliphatic rings. The number of oxime groups is 1. The first-order chi connectivity index (χ1) is 14.7. The maximum absolute atomic E-state index is 13.2. The van der Waals surface area contributed by atoms with Gasteiger partial charge in [-0.05, 0) is 59.4 Å². The molecule has 0 N–H and O–H groups in total. The number of aryl methyl sites for hydroxylation is 1. The largest absolute Gasteiger partial charge is 0.331 e. The van der Waals surface area contributed by atoms with E-state index in [0.717, 1.165) is 38.9 Å². The summed E-state index contributed by atoms with van der Waals surface area (Å²) in [5, 5.41) is 3.92. The Morgan fingerprint density at radius 3 is 2.03 bits per heavy atom. The Morgan fingerprint density at radius 2 is 1.42 bits per heavy atom. The van der Waals surface area contributed by atoms with Gasteiger partial charge >= 0.3 is 5.97 Å². The Morgan fingerprint density at radius 1 is 0.839 bits per heavy atom. The Kier molecular flexibility index (Phi) is 5.10. The molecule has 0 saturated heterocycles. The molecule has 0 heterocycles. The summed E-state index contributed by atoms with van der Waals surface area (Å²) >= 11 is 0. The molecule has 4 rings (SSSR count). The second kappa shape index (κ2) is 7.62. The predicted octanol–water partition coefficient (Wildman–Crippen LogP) is 5.82. The number of hydrogen-bond donors (Lipinski definition) is 0. The van der Waals surface area contributed by atoms with E-state index in [1.54, 1.807) is 0 Å². The molecule has 31 heavy (non-hydrogen) atoms. The van der Waals surface area contributed by atoms with Gasteiger partial charge in [-0.25, -0.2) is 4.79 Å². The highest BCUT2D eigenvalue weighted by atomic mass is 16.7. The highest BCUT2D eigenvalue weighted by Crippen LogP contribution is 2.49. The van der Waals surface area contributed by atoms with Gasteiger partial charge in [-0.3, -0.25) is 4.79 Å². The van der Waals surface area contributed by atoms with Crippen LogP contribution in [-0.4, -0.2) is 17.5 Å². The number of ketones is 1. The van der Waals surface area contributed by atoms with E-state index in [4.69, 9.17) is 4.84 Å². The summed E-state index contributed by atoms with van der Waals surface area (Å²) in [5.41, 5.74) is 8.26. The predicted molar refractivity (Wildman–Crippen MR) is 123 cm³/mol. The van der Waals surface area contributed by atoms with Crippen molar-refractivity contribution in [2.45, 2.75) is 40.0 Å². The van der Waals surface area contributed by atoms with Crippen molar-refractivity contribution in [3.63, 3.8) is 0 Å². The van der Waals surface area contributed by atoms with Gasteiger partial charge in [0.05, 0.1) is 5.71 Å². The molecule has 0 atom stereocenters. The molecule has 0 aliphatic heterocycles. The van der Waals surface area contributed by atoms with Crippen LogP contribution in [0, 0.1) is 6.92 Å². The molecule has 0 amide bonds. The van der Waals surface area contributed by atoms with Crippen molar-refractivity contribution >= 4 is 17.5 Å². The van der Waals surface area contributed by atoms with Gasteiger partial charge < -0.3 is 4.84 Å². The van der Waals surface area contributed by atoms with Crippen molar-refractivity contribution in [3.8, 4) is 11.1 Å². The number of fused-ring (bicyclic) bond motifs is 3. The Labute approximate surface area is 182 Å². The molecule has 0 bridgehead atoms. The maximum atomic E-state index is 13.2. The summed E-state index contributed by atoms with van der Waals surface area (Å²) in [4.78, 5) is 29.0. The van der Waals surface area contributed by atoms with Crippen molar-refractivity contribution in [1.82, 2.24) is 0 Å². The molecule has 0 radical (unpaired) electrons. The normalized spacial score (nSPS) is 14.0. The van der Waals surface area contributed by atoms with Crippen molar-refractivity contribution in [2.75, 3.05) is 0 Å². The van der Waals surface area contributed by atoms with Gasteiger partial charge in [0.25, 0.3) is 0 Å². The van der Waals surface area contributed by atoms with Crippen LogP contribution in [0.5, 0.6) is 0 Å². The first-order valence-electron chi connectivity index (χ1n) is 10.3. The third-order valence-corrected chi connectivity index (χ3v) is 6.06. The molecular formula is C27H25NO3. The second-order valence-electron chi connectivity index (χ2n) is 8.55. The first-order valence-corrected chi connectivity index (χ1v) is 10.3. The van der Waals surface area contributed by atoms with E-state index >= 15 is 0 Å². The zero-order valence-electron chi connectivity index (χ0n) is 18.4. The lowest BCUT2D eigenvalue weighted by Gasteiger charge is -2.22. The molecule has 1 aliphatic carbocycles. The van der Waals surface area contributed by atoms with E-state index in [2.05, 4.69) is 31.1 Å². The van der Waals surface area contributed by atoms with Crippen LogP contribution in [-0.2, 0) is 15.0 Å². The number of rotatable bonds is 4. The van der Waals surface area contributed by atoms with Gasteiger partial charge in [0.1, 0.15) is 0 Å². The minimum Gasteiger partial charge on any atom is -0.318 e. The van der Waals surface area contributed by atoms with E-state index in [-0.39, 0.29) is 11.2 Å². The molecule has 4 nitrogen and oxygen atoms in total. The first kappa shape index (κ1) is 20.7. The third-order valence-electron chi connectivity index (χ3n) is 6.06. The number of carbonyl (C=O) groups is 2. The Hall–Kier alpha value is -3.53. The molecule has 0 unspecified atom stereocenters. The molecule has 0 saturated carbocycles. The summed E-state index contributed by atoms with van der Waals surface area (Å²) in [5.74, 6) is -0.406. The van der Waals surface area contributed by atoms with Crippen LogP contribution in [0.3, 0.4) is 0 Å². The zero-order chi connectivity index (χ0) is 22.3. The summed E-state index contributed by atoms with van der Waals surface area (Å²) < 4.78 is 0. The lowest BCUT2D eigenvalue weighted by Crippen LogP contribution is -2.16. The highest BCUT2D eigenvalue weighted by molar-refractivity contribution is 6.10. The summed E-state index contributed by atoms with van der Waals surface area (Å²) in [6, 6.07) is 19.8. The van der Waals surface area contributed by atoms with Crippen LogP contribution in [0.25, 0.3) is 11.1 Å². The van der Waals surface area contributed by atoms with Crippen LogP contribution in [0.2, 0.25) is 0 Å². The van der Waals surface area contributed by atoms with Crippen molar-refractivity contribution in [2.24, 2.45) is 5.16 Å². The number of benzene rings is 3. The molecule has 0 spiro atoms. The summed E-state index contributed by atoms with van der Waals surface area (Å²) in [6.45, 7) is 9.44. The van der Waals surface area contributed by atoms with E-state index in [1.807, 2.05) is 62.4 Å². The van der Waals surface area contributed by atoms with E-state index in [0.29, 0.717) is 11.3 Å². The van der Waals surface area contributed by atoms with Crippen LogP contribution in [0.15, 0.2) is 65.8 Å². The molecule has 3 aromatic rings. The molecule has 4 heteroatoms. The topological polar surface area (TPSA) is 55.7 Å². The SMILES string of the molecule is CC(=O)O/N=C(/C)c1ccc2c(c1)C(C)(C)c1cc(C(=O)c3ccccc3C)ccc1-2. The van der Waals surface area contributed by atoms with Gasteiger partial charge in [-0.1, -0.05) is 67.5 Å². The smallest absolute Gasteiger partial charge is 0.318 e. The third kappa shape index (κ3) is 3.59. The van der Waals surface area contributed by atoms with Crippen molar-refractivity contribution in [1.29, 1.82) is 0 Å². The highest BCUT2D eigenvalue weighted by Gasteiger charge is 2.36. The van der Waals surface area contributed by atoms with Crippen LogP contribution < -0.4 is 0 Å². The lowest BCUT2D eigenvalue weighted by atomic mass is 9.81. The van der Waals surface area contributed by atoms with Crippen molar-refractivity contribution < 1.29 is 14.4 Å². The average molecular weight is 412 g/mol. The van der Waals surface area contributed by atoms with Gasteiger partial charge in [0, 0.05) is 23.5 Å². The fraction of sp³-hybridized carbons (Fsp3) is 0.222. The quantitative estimate of drug-likeness (QED) is 0.235. The number of hydrogen-bond acceptors (Lipinski definition) is 4. The fourth-order valence-corrected chi connectivity index (χ4v) is 4.27. The van der Waals surface area contributed by atoms with Gasteiger partial charge in [0.15, 0.2) is 5.78 Å². The standard InChI is InChI=1S/C27H25NO3/c1-16-8-6-7-9-21(16)26(30)20-11-13-23-22-12-10-19(17(2)28-31-18(3)29)14-24(22)27(4,5)25(23)15-20/h6-15H,1-5H3/b28-17-. The van der Waals surface area contributed by atoms with Gasteiger partial charge in [-0.2, -0.15) is 0 Å². The number of nitrogens with zero attached hydrogens (tertiary/aromatic N) is 1. The van der Waals surface area contributed by atoms with Crippen molar-refractivity contribution in [3.05, 3.63) is 94.0 Å². The van der Waals surface area contributed by atoms with Gasteiger partial charge in [-0.15, -0.1) is 0 Å².